The van der Waals surface area contributed by atoms with Crippen LogP contribution in [0.1, 0.15) is 18.4 Å². The summed E-state index contributed by atoms with van der Waals surface area (Å²) in [4.78, 5) is 0. The smallest absolute Gasteiger partial charge is 0.0314 e. The molecule has 15 heavy (non-hydrogen) atoms. The largest absolute Gasteiger partial charge is 0.399 e. The average Bonchev–Trinajstić information content (AvgIpc) is 2.26. The first-order chi connectivity index (χ1) is 7.33. The van der Waals surface area contributed by atoms with Gasteiger partial charge in [-0.1, -0.05) is 12.1 Å². The van der Waals surface area contributed by atoms with E-state index in [1.165, 1.54) is 23.5 Å². The quantitative estimate of drug-likeness (QED) is 0.552. The molecule has 4 N–H and O–H groups in total. The summed E-state index contributed by atoms with van der Waals surface area (Å²) < 4.78 is 0. The number of aryl methyl sites for hydroxylation is 1. The lowest BCUT2D eigenvalue weighted by Crippen LogP contribution is -2.00. The first-order valence-electron chi connectivity index (χ1n) is 5.45. The standard InChI is InChI=1S/C12H20N2S/c13-8-2-10-15-9-1-3-11-4-6-12(14)7-5-11/h4-7H,1-3,8-10,13-14H2. The molecule has 0 saturated carbocycles. The average molecular weight is 224 g/mol. The van der Waals surface area contributed by atoms with E-state index in [4.69, 9.17) is 11.5 Å². The van der Waals surface area contributed by atoms with Crippen LogP contribution in [0.25, 0.3) is 0 Å². The van der Waals surface area contributed by atoms with Gasteiger partial charge in [-0.15, -0.1) is 0 Å². The number of hydrogen-bond donors (Lipinski definition) is 2. The molecule has 1 aromatic carbocycles. The Labute approximate surface area is 96.4 Å². The molecule has 2 nitrogen and oxygen atoms in total. The molecule has 84 valence electrons. The Bertz CT molecular complexity index is 259. The van der Waals surface area contributed by atoms with Crippen molar-refractivity contribution in [2.45, 2.75) is 19.3 Å². The Morgan fingerprint density at radius 1 is 1.00 bits per heavy atom. The van der Waals surface area contributed by atoms with Gasteiger partial charge in [0.05, 0.1) is 0 Å². The minimum absolute atomic E-state index is 0.810. The molecule has 0 bridgehead atoms. The van der Waals surface area contributed by atoms with Gasteiger partial charge in [-0.25, -0.2) is 0 Å². The molecule has 0 spiro atoms. The van der Waals surface area contributed by atoms with Crippen molar-refractivity contribution in [3.63, 3.8) is 0 Å². The van der Waals surface area contributed by atoms with Gasteiger partial charge in [0.25, 0.3) is 0 Å². The third-order valence-electron chi connectivity index (χ3n) is 2.23. The zero-order valence-corrected chi connectivity index (χ0v) is 9.93. The fraction of sp³-hybridized carbons (Fsp3) is 0.500. The molecule has 0 aromatic heterocycles. The van der Waals surface area contributed by atoms with Crippen LogP contribution in [0.2, 0.25) is 0 Å². The maximum atomic E-state index is 5.62. The summed E-state index contributed by atoms with van der Waals surface area (Å²) in [5, 5.41) is 0. The molecule has 0 aliphatic rings. The molecule has 0 saturated heterocycles. The van der Waals surface area contributed by atoms with E-state index in [9.17, 15) is 0 Å². The molecule has 0 atom stereocenters. The monoisotopic (exact) mass is 224 g/mol. The van der Waals surface area contributed by atoms with Crippen LogP contribution in [0.3, 0.4) is 0 Å². The SMILES string of the molecule is NCCCSCCCc1ccc(N)cc1. The van der Waals surface area contributed by atoms with E-state index in [1.54, 1.807) is 0 Å². The lowest BCUT2D eigenvalue weighted by atomic mass is 10.1. The fourth-order valence-corrected chi connectivity index (χ4v) is 2.27. The number of nitrogens with two attached hydrogens (primary N) is 2. The van der Waals surface area contributed by atoms with Gasteiger partial charge in [-0.3, -0.25) is 0 Å². The van der Waals surface area contributed by atoms with Gasteiger partial charge in [0.1, 0.15) is 0 Å². The molecule has 0 radical (unpaired) electrons. The summed E-state index contributed by atoms with van der Waals surface area (Å²) in [5.74, 6) is 2.42. The van der Waals surface area contributed by atoms with Crippen molar-refractivity contribution < 1.29 is 0 Å². The molecule has 0 fully saturated rings. The highest BCUT2D eigenvalue weighted by atomic mass is 32.2. The van der Waals surface area contributed by atoms with Crippen molar-refractivity contribution in [2.75, 3.05) is 23.8 Å². The van der Waals surface area contributed by atoms with E-state index in [0.29, 0.717) is 0 Å². The van der Waals surface area contributed by atoms with E-state index in [1.807, 2.05) is 23.9 Å². The Balaban J connectivity index is 2.07. The Hall–Kier alpha value is -0.670. The molecule has 0 aliphatic heterocycles. The van der Waals surface area contributed by atoms with Gasteiger partial charge in [0.2, 0.25) is 0 Å². The predicted molar refractivity (Wildman–Crippen MR) is 70.2 cm³/mol. The fourth-order valence-electron chi connectivity index (χ4n) is 1.35. The van der Waals surface area contributed by atoms with Gasteiger partial charge in [0.15, 0.2) is 0 Å². The number of benzene rings is 1. The van der Waals surface area contributed by atoms with E-state index in [2.05, 4.69) is 12.1 Å². The first kappa shape index (κ1) is 12.4. The van der Waals surface area contributed by atoms with Crippen molar-refractivity contribution in [3.8, 4) is 0 Å². The summed E-state index contributed by atoms with van der Waals surface area (Å²) in [6.45, 7) is 0.810. The Morgan fingerprint density at radius 3 is 2.33 bits per heavy atom. The molecular weight excluding hydrogens is 204 g/mol. The predicted octanol–water partition coefficient (Wildman–Crippen LogP) is 2.28. The summed E-state index contributed by atoms with van der Waals surface area (Å²) in [6.07, 6.45) is 3.52. The third kappa shape index (κ3) is 5.70. The van der Waals surface area contributed by atoms with E-state index >= 15 is 0 Å². The second kappa shape index (κ2) is 7.60. The summed E-state index contributed by atoms with van der Waals surface area (Å²) in [5.41, 5.74) is 13.3. The highest BCUT2D eigenvalue weighted by Gasteiger charge is 1.94. The zero-order chi connectivity index (χ0) is 10.9. The molecule has 3 heteroatoms. The topological polar surface area (TPSA) is 52.0 Å². The van der Waals surface area contributed by atoms with Crippen molar-refractivity contribution >= 4 is 17.4 Å². The van der Waals surface area contributed by atoms with Gasteiger partial charge < -0.3 is 11.5 Å². The molecule has 0 amide bonds. The molecular formula is C12H20N2S. The van der Waals surface area contributed by atoms with Crippen LogP contribution in [-0.4, -0.2) is 18.1 Å². The molecule has 1 rings (SSSR count). The van der Waals surface area contributed by atoms with Crippen LogP contribution in [0, 0.1) is 0 Å². The summed E-state index contributed by atoms with van der Waals surface area (Å²) in [7, 11) is 0. The number of anilines is 1. The van der Waals surface area contributed by atoms with E-state index in [-0.39, 0.29) is 0 Å². The van der Waals surface area contributed by atoms with Gasteiger partial charge >= 0.3 is 0 Å². The second-order valence-corrected chi connectivity index (χ2v) is 4.82. The van der Waals surface area contributed by atoms with Crippen LogP contribution < -0.4 is 11.5 Å². The lowest BCUT2D eigenvalue weighted by molar-refractivity contribution is 0.919. The third-order valence-corrected chi connectivity index (χ3v) is 3.38. The van der Waals surface area contributed by atoms with Crippen molar-refractivity contribution in [2.24, 2.45) is 5.73 Å². The van der Waals surface area contributed by atoms with Crippen LogP contribution in [0.5, 0.6) is 0 Å². The molecule has 0 unspecified atom stereocenters. The lowest BCUT2D eigenvalue weighted by Gasteiger charge is -2.02. The van der Waals surface area contributed by atoms with Crippen LogP contribution in [0.4, 0.5) is 5.69 Å². The van der Waals surface area contributed by atoms with Crippen LogP contribution in [-0.2, 0) is 6.42 Å². The highest BCUT2D eigenvalue weighted by molar-refractivity contribution is 7.99. The zero-order valence-electron chi connectivity index (χ0n) is 9.11. The summed E-state index contributed by atoms with van der Waals surface area (Å²) >= 11 is 2.00. The number of rotatable bonds is 7. The minimum atomic E-state index is 0.810. The van der Waals surface area contributed by atoms with Gasteiger partial charge in [0, 0.05) is 5.69 Å². The second-order valence-electron chi connectivity index (χ2n) is 3.60. The summed E-state index contributed by atoms with van der Waals surface area (Å²) in [6, 6.07) is 8.16. The van der Waals surface area contributed by atoms with E-state index in [0.717, 1.165) is 25.1 Å². The Kier molecular flexibility index (Phi) is 6.28. The van der Waals surface area contributed by atoms with Crippen molar-refractivity contribution in [3.05, 3.63) is 29.8 Å². The molecule has 0 heterocycles. The number of hydrogen-bond acceptors (Lipinski definition) is 3. The van der Waals surface area contributed by atoms with Crippen molar-refractivity contribution in [1.29, 1.82) is 0 Å². The molecule has 1 aromatic rings. The van der Waals surface area contributed by atoms with Gasteiger partial charge in [-0.2, -0.15) is 11.8 Å². The normalized spacial score (nSPS) is 10.5. The Morgan fingerprint density at radius 2 is 1.67 bits per heavy atom. The van der Waals surface area contributed by atoms with Crippen LogP contribution in [0.15, 0.2) is 24.3 Å². The maximum Gasteiger partial charge on any atom is 0.0314 e. The highest BCUT2D eigenvalue weighted by Crippen LogP contribution is 2.10. The number of thioether (sulfide) groups is 1. The first-order valence-corrected chi connectivity index (χ1v) is 6.60. The maximum absolute atomic E-state index is 5.62. The van der Waals surface area contributed by atoms with E-state index < -0.39 is 0 Å². The minimum Gasteiger partial charge on any atom is -0.399 e. The van der Waals surface area contributed by atoms with Crippen molar-refractivity contribution in [1.82, 2.24) is 0 Å². The van der Waals surface area contributed by atoms with Crippen LogP contribution >= 0.6 is 11.8 Å². The molecule has 0 aliphatic carbocycles. The van der Waals surface area contributed by atoms with Gasteiger partial charge in [-0.05, 0) is 55.0 Å². The number of nitrogen functional groups attached to an aromatic ring is 1.